The van der Waals surface area contributed by atoms with E-state index in [1.807, 2.05) is 51.1 Å². The molecular weight excluding hydrogens is 438 g/mol. The number of ether oxygens (including phenoxy) is 1. The van der Waals surface area contributed by atoms with Crippen LogP contribution in [0.25, 0.3) is 5.82 Å². The fraction of sp³-hybridized carbons (Fsp3) is 0.500. The summed E-state index contributed by atoms with van der Waals surface area (Å²) in [6.45, 7) is 5.79. The number of carbonyl (C=O) groups is 1. The Morgan fingerprint density at radius 3 is 2.26 bits per heavy atom. The summed E-state index contributed by atoms with van der Waals surface area (Å²) in [6, 6.07) is 11.3. The number of hydrogen-bond donors (Lipinski definition) is 1. The van der Waals surface area contributed by atoms with Gasteiger partial charge in [0, 0.05) is 23.9 Å². The van der Waals surface area contributed by atoms with Gasteiger partial charge in [-0.15, -0.1) is 0 Å². The lowest BCUT2D eigenvalue weighted by molar-refractivity contribution is -0.124. The molecule has 4 aliphatic carbocycles. The normalized spacial score (nSPS) is 26.7. The molecule has 0 spiro atoms. The van der Waals surface area contributed by atoms with Gasteiger partial charge in [0.15, 0.2) is 5.82 Å². The van der Waals surface area contributed by atoms with Crippen molar-refractivity contribution in [2.45, 2.75) is 65.7 Å². The van der Waals surface area contributed by atoms with Gasteiger partial charge in [-0.25, -0.2) is 9.67 Å². The molecule has 4 saturated carbocycles. The second-order valence-corrected chi connectivity index (χ2v) is 11.2. The Hall–Kier alpha value is -3.22. The average Bonchev–Trinajstić information content (AvgIpc) is 3.11. The summed E-state index contributed by atoms with van der Waals surface area (Å²) in [4.78, 5) is 21.9. The molecule has 1 N–H and O–H groups in total. The number of hydrogen-bond acceptors (Lipinski definition) is 5. The first-order valence-corrected chi connectivity index (χ1v) is 12.8. The number of nitrogens with one attached hydrogen (secondary N) is 1. The number of aryl methyl sites for hydroxylation is 3. The zero-order valence-corrected chi connectivity index (χ0v) is 20.8. The highest BCUT2D eigenvalue weighted by molar-refractivity contribution is 5.91. The minimum Gasteiger partial charge on any atom is -0.439 e. The second-order valence-electron chi connectivity index (χ2n) is 11.2. The molecule has 182 valence electrons. The van der Waals surface area contributed by atoms with Crippen LogP contribution < -0.4 is 10.1 Å². The molecule has 4 aliphatic rings. The third kappa shape index (κ3) is 4.56. The number of nitrogens with zero attached hydrogens (tertiary/aromatic N) is 4. The van der Waals surface area contributed by atoms with Crippen LogP contribution in [0.3, 0.4) is 0 Å². The second kappa shape index (κ2) is 8.47. The Morgan fingerprint density at radius 1 is 1.00 bits per heavy atom. The lowest BCUT2D eigenvalue weighted by Gasteiger charge is -2.56. The van der Waals surface area contributed by atoms with Crippen molar-refractivity contribution in [1.29, 1.82) is 0 Å². The lowest BCUT2D eigenvalue weighted by Crippen LogP contribution is -2.47. The van der Waals surface area contributed by atoms with Gasteiger partial charge in [-0.2, -0.15) is 10.1 Å². The molecule has 0 radical (unpaired) electrons. The summed E-state index contributed by atoms with van der Waals surface area (Å²) < 4.78 is 7.81. The minimum absolute atomic E-state index is 0.140. The summed E-state index contributed by atoms with van der Waals surface area (Å²) in [6.07, 6.45) is 8.60. The van der Waals surface area contributed by atoms with Crippen molar-refractivity contribution in [2.24, 2.45) is 23.2 Å². The van der Waals surface area contributed by atoms with E-state index in [1.54, 1.807) is 10.7 Å². The van der Waals surface area contributed by atoms with Crippen LogP contribution in [0.15, 0.2) is 36.4 Å². The Bertz CT molecular complexity index is 1230. The van der Waals surface area contributed by atoms with Crippen LogP contribution in [-0.4, -0.2) is 25.7 Å². The highest BCUT2D eigenvalue weighted by atomic mass is 16.5. The van der Waals surface area contributed by atoms with Crippen molar-refractivity contribution in [2.75, 3.05) is 5.32 Å². The summed E-state index contributed by atoms with van der Waals surface area (Å²) in [7, 11) is 0. The molecule has 7 nitrogen and oxygen atoms in total. The monoisotopic (exact) mass is 471 g/mol. The van der Waals surface area contributed by atoms with Crippen molar-refractivity contribution in [3.05, 3.63) is 53.6 Å². The Morgan fingerprint density at radius 2 is 1.66 bits per heavy atom. The summed E-state index contributed by atoms with van der Waals surface area (Å²) in [5, 5.41) is 7.63. The maximum atomic E-state index is 12.9. The molecule has 3 aromatic rings. The molecule has 7 heteroatoms. The lowest BCUT2D eigenvalue weighted by atomic mass is 9.49. The standard InChI is InChI=1S/C28H33N5O2/c1-17-8-18(2)33(32-17)25-12-27(30-19(3)29-25)35-24-6-4-23(5-7-24)31-26(34)16-28-13-20-9-21(14-28)11-22(10-20)15-28/h4-8,12,20-22H,9-11,13-16H2,1-3H3,(H,31,34). The van der Waals surface area contributed by atoms with E-state index in [2.05, 4.69) is 20.4 Å². The Balaban J connectivity index is 1.11. The highest BCUT2D eigenvalue weighted by Crippen LogP contribution is 2.61. The van der Waals surface area contributed by atoms with Crippen LogP contribution in [0.2, 0.25) is 0 Å². The van der Waals surface area contributed by atoms with Gasteiger partial charge in [-0.3, -0.25) is 4.79 Å². The number of rotatable bonds is 6. The average molecular weight is 472 g/mol. The van der Waals surface area contributed by atoms with Crippen molar-refractivity contribution in [3.63, 3.8) is 0 Å². The van der Waals surface area contributed by atoms with Crippen molar-refractivity contribution < 1.29 is 9.53 Å². The zero-order chi connectivity index (χ0) is 24.2. The number of benzene rings is 1. The first kappa shape index (κ1) is 22.3. The minimum atomic E-state index is 0.140. The molecule has 2 heterocycles. The number of carbonyl (C=O) groups excluding carboxylic acids is 1. The number of aromatic nitrogens is 4. The van der Waals surface area contributed by atoms with Gasteiger partial charge in [0.1, 0.15) is 11.6 Å². The number of anilines is 1. The first-order valence-electron chi connectivity index (χ1n) is 12.8. The molecule has 0 unspecified atom stereocenters. The maximum absolute atomic E-state index is 12.9. The smallest absolute Gasteiger partial charge is 0.224 e. The fourth-order valence-electron chi connectivity index (χ4n) is 7.33. The largest absolute Gasteiger partial charge is 0.439 e. The van der Waals surface area contributed by atoms with Crippen LogP contribution in [0.4, 0.5) is 5.69 Å². The van der Waals surface area contributed by atoms with Crippen molar-refractivity contribution >= 4 is 11.6 Å². The predicted octanol–water partition coefficient (Wildman–Crippen LogP) is 5.92. The molecule has 2 aromatic heterocycles. The summed E-state index contributed by atoms with van der Waals surface area (Å²) in [5.41, 5.74) is 2.98. The first-order chi connectivity index (χ1) is 16.8. The van der Waals surface area contributed by atoms with E-state index in [0.717, 1.165) is 34.8 Å². The van der Waals surface area contributed by atoms with Gasteiger partial charge in [-0.05, 0) is 113 Å². The Kier molecular flexibility index (Phi) is 5.38. The molecular formula is C28H33N5O2. The highest BCUT2D eigenvalue weighted by Gasteiger charge is 2.51. The molecule has 35 heavy (non-hydrogen) atoms. The van der Waals surface area contributed by atoms with Crippen LogP contribution in [0.5, 0.6) is 11.6 Å². The molecule has 4 bridgehead atoms. The van der Waals surface area contributed by atoms with Crippen LogP contribution in [0, 0.1) is 43.9 Å². The van der Waals surface area contributed by atoms with Crippen molar-refractivity contribution in [1.82, 2.24) is 19.7 Å². The summed E-state index contributed by atoms with van der Waals surface area (Å²) in [5.74, 6) is 5.11. The maximum Gasteiger partial charge on any atom is 0.224 e. The molecule has 1 aromatic carbocycles. The van der Waals surface area contributed by atoms with E-state index in [0.29, 0.717) is 29.7 Å². The van der Waals surface area contributed by atoms with E-state index in [4.69, 9.17) is 4.74 Å². The van der Waals surface area contributed by atoms with Gasteiger partial charge in [0.2, 0.25) is 11.8 Å². The molecule has 0 aliphatic heterocycles. The van der Waals surface area contributed by atoms with Gasteiger partial charge >= 0.3 is 0 Å². The predicted molar refractivity (Wildman–Crippen MR) is 134 cm³/mol. The molecule has 0 saturated heterocycles. The van der Waals surface area contributed by atoms with Crippen LogP contribution in [-0.2, 0) is 4.79 Å². The van der Waals surface area contributed by atoms with Gasteiger partial charge in [0.25, 0.3) is 0 Å². The topological polar surface area (TPSA) is 81.9 Å². The molecule has 1 amide bonds. The fourth-order valence-corrected chi connectivity index (χ4v) is 7.33. The van der Waals surface area contributed by atoms with E-state index in [1.165, 1.54) is 38.5 Å². The van der Waals surface area contributed by atoms with E-state index >= 15 is 0 Å². The van der Waals surface area contributed by atoms with Crippen molar-refractivity contribution in [3.8, 4) is 17.4 Å². The third-order valence-electron chi connectivity index (χ3n) is 8.09. The summed E-state index contributed by atoms with van der Waals surface area (Å²) >= 11 is 0. The van der Waals surface area contributed by atoms with Gasteiger partial charge in [-0.1, -0.05) is 0 Å². The molecule has 4 fully saturated rings. The van der Waals surface area contributed by atoms with Crippen LogP contribution in [0.1, 0.15) is 62.2 Å². The van der Waals surface area contributed by atoms with E-state index < -0.39 is 0 Å². The quantitative estimate of drug-likeness (QED) is 0.482. The molecule has 0 atom stereocenters. The SMILES string of the molecule is Cc1cc(C)n(-c2cc(Oc3ccc(NC(=O)CC45CC6CC(CC(C6)C4)C5)cc3)nc(C)n2)n1. The number of amides is 1. The Labute approximate surface area is 206 Å². The zero-order valence-electron chi connectivity index (χ0n) is 20.8. The van der Waals surface area contributed by atoms with E-state index in [-0.39, 0.29) is 11.3 Å². The molecule has 7 rings (SSSR count). The van der Waals surface area contributed by atoms with Gasteiger partial charge < -0.3 is 10.1 Å². The van der Waals surface area contributed by atoms with Gasteiger partial charge in [0.05, 0.1) is 5.69 Å². The van der Waals surface area contributed by atoms with Crippen LogP contribution >= 0.6 is 0 Å². The third-order valence-corrected chi connectivity index (χ3v) is 8.09. The van der Waals surface area contributed by atoms with E-state index in [9.17, 15) is 4.79 Å².